The van der Waals surface area contributed by atoms with Crippen LogP contribution in [-0.2, 0) is 22.5 Å². The number of fused-ring (bicyclic) bond motifs is 3. The Hall–Kier alpha value is -1.99. The minimum Gasteiger partial charge on any atom is -0.377 e. The zero-order valence-electron chi connectivity index (χ0n) is 14.8. The predicted octanol–water partition coefficient (Wildman–Crippen LogP) is 4.03. The zero-order valence-corrected chi connectivity index (χ0v) is 16.4. The lowest BCUT2D eigenvalue weighted by Gasteiger charge is -2.34. The topological polar surface area (TPSA) is 62.1 Å². The van der Waals surface area contributed by atoms with Crippen LogP contribution in [0.3, 0.4) is 0 Å². The summed E-state index contributed by atoms with van der Waals surface area (Å²) in [7, 11) is 1.61. The first-order valence-corrected chi connectivity index (χ1v) is 9.88. The molecule has 140 valence electrons. The Labute approximate surface area is 166 Å². The molecule has 1 aromatic carbocycles. The molecule has 0 bridgehead atoms. The second-order valence-electron chi connectivity index (χ2n) is 6.53. The molecular weight excluding hydrogens is 384 g/mol. The molecule has 4 rings (SSSR count). The maximum absolute atomic E-state index is 11.2. The molecule has 0 radical (unpaired) electrons. The molecule has 1 atom stereocenters. The molecule has 27 heavy (non-hydrogen) atoms. The smallest absolute Gasteiger partial charge is 0.157 e. The minimum absolute atomic E-state index is 0.301. The molecule has 1 aliphatic heterocycles. The van der Waals surface area contributed by atoms with Crippen molar-refractivity contribution in [2.24, 2.45) is 4.99 Å². The highest BCUT2D eigenvalue weighted by atomic mass is 35.5. The normalized spacial score (nSPS) is 18.9. The van der Waals surface area contributed by atoms with Crippen LogP contribution in [0.5, 0.6) is 0 Å². The van der Waals surface area contributed by atoms with Gasteiger partial charge in [0.05, 0.1) is 9.91 Å². The number of aliphatic hydroxyl groups excluding tert-OH is 1. The van der Waals surface area contributed by atoms with E-state index in [1.807, 2.05) is 35.2 Å². The maximum atomic E-state index is 11.2. The van der Waals surface area contributed by atoms with Gasteiger partial charge in [-0.1, -0.05) is 41.9 Å². The number of aliphatic hydroxyl groups is 1. The summed E-state index contributed by atoms with van der Waals surface area (Å²) in [4.78, 5) is 18.7. The van der Waals surface area contributed by atoms with Crippen LogP contribution < -0.4 is 0 Å². The fraction of sp³-hybridized carbons (Fsp3) is 0.300. The van der Waals surface area contributed by atoms with E-state index in [0.717, 1.165) is 32.9 Å². The number of hydrogen-bond acceptors (Lipinski definition) is 6. The van der Waals surface area contributed by atoms with Crippen molar-refractivity contribution in [2.45, 2.75) is 25.6 Å². The van der Waals surface area contributed by atoms with Gasteiger partial charge in [0.15, 0.2) is 6.23 Å². The first-order valence-electron chi connectivity index (χ1n) is 8.69. The number of allylic oxidation sites excluding steroid dienone is 1. The van der Waals surface area contributed by atoms with Gasteiger partial charge in [0, 0.05) is 24.8 Å². The SMILES string of the molecule is COCC1=Nc2sc3c(c2C(O)N1Cc1ccccc1)CCC(C=O)=C3Cl. The van der Waals surface area contributed by atoms with E-state index in [4.69, 9.17) is 21.3 Å². The van der Waals surface area contributed by atoms with E-state index >= 15 is 0 Å². The van der Waals surface area contributed by atoms with Gasteiger partial charge in [-0.05, 0) is 24.0 Å². The molecule has 7 heteroatoms. The summed E-state index contributed by atoms with van der Waals surface area (Å²) in [6.45, 7) is 0.826. The number of methoxy groups -OCH3 is 1. The maximum Gasteiger partial charge on any atom is 0.157 e. The largest absolute Gasteiger partial charge is 0.377 e. The third-order valence-electron chi connectivity index (χ3n) is 4.88. The van der Waals surface area contributed by atoms with Gasteiger partial charge in [0.1, 0.15) is 23.7 Å². The Morgan fingerprint density at radius 2 is 2.15 bits per heavy atom. The van der Waals surface area contributed by atoms with Crippen LogP contribution in [0.15, 0.2) is 40.9 Å². The standard InChI is InChI=1S/C20H19ClN2O3S/c1-26-11-15-22-19-16(14-8-7-13(10-24)17(21)18(14)27-19)20(25)23(15)9-12-5-3-2-4-6-12/h2-6,10,20,25H,7-9,11H2,1H3. The molecule has 0 saturated heterocycles. The molecule has 2 aromatic rings. The van der Waals surface area contributed by atoms with Crippen LogP contribution in [0.1, 0.15) is 34.2 Å². The molecule has 1 N–H and O–H groups in total. The molecule has 5 nitrogen and oxygen atoms in total. The summed E-state index contributed by atoms with van der Waals surface area (Å²) in [6, 6.07) is 9.95. The number of rotatable bonds is 5. The second-order valence-corrected chi connectivity index (χ2v) is 7.91. The Morgan fingerprint density at radius 1 is 1.37 bits per heavy atom. The minimum atomic E-state index is -0.829. The lowest BCUT2D eigenvalue weighted by molar-refractivity contribution is -0.105. The van der Waals surface area contributed by atoms with Crippen molar-refractivity contribution in [3.63, 3.8) is 0 Å². The molecule has 2 heterocycles. The van der Waals surface area contributed by atoms with Crippen molar-refractivity contribution in [3.05, 3.63) is 57.5 Å². The van der Waals surface area contributed by atoms with Crippen LogP contribution in [0.25, 0.3) is 5.03 Å². The zero-order chi connectivity index (χ0) is 19.0. The fourth-order valence-electron chi connectivity index (χ4n) is 3.55. The summed E-state index contributed by atoms with van der Waals surface area (Å²) >= 11 is 7.86. The van der Waals surface area contributed by atoms with Gasteiger partial charge >= 0.3 is 0 Å². The number of amidine groups is 1. The number of carbonyl (C=O) groups is 1. The van der Waals surface area contributed by atoms with Crippen LogP contribution in [0.2, 0.25) is 0 Å². The molecule has 0 saturated carbocycles. The van der Waals surface area contributed by atoms with Crippen LogP contribution >= 0.6 is 22.9 Å². The van der Waals surface area contributed by atoms with Crippen LogP contribution in [-0.4, -0.2) is 35.8 Å². The van der Waals surface area contributed by atoms with E-state index in [2.05, 4.69) is 0 Å². The predicted molar refractivity (Wildman–Crippen MR) is 107 cm³/mol. The van der Waals surface area contributed by atoms with E-state index in [9.17, 15) is 9.90 Å². The van der Waals surface area contributed by atoms with Gasteiger partial charge in [0.2, 0.25) is 0 Å². The van der Waals surface area contributed by atoms with Gasteiger partial charge in [0.25, 0.3) is 0 Å². The molecule has 2 aliphatic rings. The van der Waals surface area contributed by atoms with Crippen molar-refractivity contribution in [1.29, 1.82) is 0 Å². The van der Waals surface area contributed by atoms with Gasteiger partial charge in [-0.15, -0.1) is 11.3 Å². The van der Waals surface area contributed by atoms with E-state index < -0.39 is 6.23 Å². The molecular formula is C20H19ClN2O3S. The monoisotopic (exact) mass is 402 g/mol. The molecule has 1 aliphatic carbocycles. The lowest BCUT2D eigenvalue weighted by atomic mass is 9.94. The van der Waals surface area contributed by atoms with Gasteiger partial charge in [-0.2, -0.15) is 0 Å². The van der Waals surface area contributed by atoms with Gasteiger partial charge in [-0.25, -0.2) is 4.99 Å². The summed E-state index contributed by atoms with van der Waals surface area (Å²) < 4.78 is 5.31. The van der Waals surface area contributed by atoms with E-state index in [1.54, 1.807) is 7.11 Å². The summed E-state index contributed by atoms with van der Waals surface area (Å²) in [5.41, 5.74) is 3.49. The summed E-state index contributed by atoms with van der Waals surface area (Å²) in [6.07, 6.45) is 1.25. The number of nitrogens with zero attached hydrogens (tertiary/aromatic N) is 2. The molecule has 0 amide bonds. The van der Waals surface area contributed by atoms with Gasteiger partial charge < -0.3 is 14.7 Å². The number of benzene rings is 1. The van der Waals surface area contributed by atoms with Crippen molar-refractivity contribution in [2.75, 3.05) is 13.7 Å². The van der Waals surface area contributed by atoms with Crippen LogP contribution in [0, 0.1) is 0 Å². The van der Waals surface area contributed by atoms with E-state index in [0.29, 0.717) is 42.4 Å². The van der Waals surface area contributed by atoms with Crippen molar-refractivity contribution in [3.8, 4) is 0 Å². The molecule has 0 spiro atoms. The third kappa shape index (κ3) is 3.23. The Bertz CT molecular complexity index is 936. The fourth-order valence-corrected chi connectivity index (χ4v) is 5.15. The number of hydrogen-bond donors (Lipinski definition) is 1. The lowest BCUT2D eigenvalue weighted by Crippen LogP contribution is -2.39. The quantitative estimate of drug-likeness (QED) is 0.767. The number of ether oxygens (including phenoxy) is 1. The first kappa shape index (κ1) is 18.4. The molecule has 1 aromatic heterocycles. The summed E-state index contributed by atoms with van der Waals surface area (Å²) in [5.74, 6) is 0.677. The molecule has 0 fully saturated rings. The van der Waals surface area contributed by atoms with Crippen molar-refractivity contribution < 1.29 is 14.6 Å². The number of thiophene rings is 1. The highest BCUT2D eigenvalue weighted by molar-refractivity contribution is 7.18. The Balaban J connectivity index is 1.78. The highest BCUT2D eigenvalue weighted by Crippen LogP contribution is 2.50. The average Bonchev–Trinajstić information content (AvgIpc) is 3.06. The third-order valence-corrected chi connectivity index (χ3v) is 6.58. The number of halogens is 1. The van der Waals surface area contributed by atoms with Crippen molar-refractivity contribution in [1.82, 2.24) is 4.90 Å². The first-order chi connectivity index (χ1) is 13.1. The number of aliphatic imine (C=N–C) groups is 1. The Kier molecular flexibility index (Phi) is 5.14. The number of aldehydes is 1. The van der Waals surface area contributed by atoms with E-state index in [1.165, 1.54) is 11.3 Å². The Morgan fingerprint density at radius 3 is 2.85 bits per heavy atom. The van der Waals surface area contributed by atoms with E-state index in [-0.39, 0.29) is 0 Å². The van der Waals surface area contributed by atoms with Crippen molar-refractivity contribution >= 4 is 45.1 Å². The highest BCUT2D eigenvalue weighted by Gasteiger charge is 2.35. The van der Waals surface area contributed by atoms with Crippen LogP contribution in [0.4, 0.5) is 5.00 Å². The summed E-state index contributed by atoms with van der Waals surface area (Å²) in [5, 5.41) is 12.4. The number of carbonyl (C=O) groups excluding carboxylic acids is 1. The van der Waals surface area contributed by atoms with Gasteiger partial charge in [-0.3, -0.25) is 4.79 Å². The average molecular weight is 403 g/mol. The second kappa shape index (κ2) is 7.56. The molecule has 1 unspecified atom stereocenters.